The van der Waals surface area contributed by atoms with Crippen LogP contribution in [-0.4, -0.2) is 107 Å². The molecule has 1 saturated heterocycles. The first-order valence-electron chi connectivity index (χ1n) is 19.0. The molecule has 7 N–H and O–H groups in total. The predicted molar refractivity (Wildman–Crippen MR) is 198 cm³/mol. The predicted octanol–water partition coefficient (Wildman–Crippen LogP) is 1.17. The van der Waals surface area contributed by atoms with Crippen LogP contribution in [0, 0.1) is 5.92 Å². The molecule has 5 amide bonds. The van der Waals surface area contributed by atoms with Crippen LogP contribution in [0.5, 0.6) is 0 Å². The minimum absolute atomic E-state index is 0.00967. The quantitative estimate of drug-likeness (QED) is 0.0785. The number of hydrogen-bond acceptors (Lipinski definition) is 12. The smallest absolute Gasteiger partial charge is 0.407 e. The highest BCUT2D eigenvalue weighted by Crippen LogP contribution is 2.33. The number of aliphatic hydroxyl groups is 1. The molecule has 0 bridgehead atoms. The average Bonchev–Trinajstić information content (AvgIpc) is 3.98. The van der Waals surface area contributed by atoms with Gasteiger partial charge in [-0.25, -0.2) is 9.48 Å². The highest BCUT2D eigenvalue weighted by Gasteiger charge is 2.45. The number of primary amides is 1. The minimum atomic E-state index is -1.36. The van der Waals surface area contributed by atoms with Crippen LogP contribution < -0.4 is 21.7 Å². The summed E-state index contributed by atoms with van der Waals surface area (Å²) in [5.74, 6) is -3.96. The van der Waals surface area contributed by atoms with E-state index in [1.54, 1.807) is 13.8 Å². The van der Waals surface area contributed by atoms with Gasteiger partial charge >= 0.3 is 6.09 Å². The summed E-state index contributed by atoms with van der Waals surface area (Å²) in [4.78, 5) is 80.6. The van der Waals surface area contributed by atoms with Crippen LogP contribution >= 0.6 is 0 Å². The Hall–Kier alpha value is -5.72. The lowest BCUT2D eigenvalue weighted by Gasteiger charge is -2.32. The van der Waals surface area contributed by atoms with Gasteiger partial charge in [0.1, 0.15) is 24.3 Å². The molecule has 302 valence electrons. The molecule has 2 aliphatic rings. The SMILES string of the molecule is CC(C)(O)c1cnnn1[C@H]1C[C@@H](C(=O)NC(CCCCNC(=O)OCc2ccccc2)C(=O)C(N)=O)N(C(=O)[C@@H](CC2CCCCC2)NC(=O)c2cn[nH]n2)C1. The molecule has 56 heavy (non-hydrogen) atoms. The Morgan fingerprint density at radius 2 is 1.77 bits per heavy atom. The number of amides is 5. The van der Waals surface area contributed by atoms with Crippen LogP contribution in [-0.2, 0) is 36.1 Å². The van der Waals surface area contributed by atoms with Crippen LogP contribution in [0.3, 0.4) is 0 Å². The second kappa shape index (κ2) is 19.2. The van der Waals surface area contributed by atoms with Gasteiger partial charge in [0.2, 0.25) is 17.6 Å². The third-order valence-electron chi connectivity index (χ3n) is 10.2. The summed E-state index contributed by atoms with van der Waals surface area (Å²) in [6, 6.07) is 5.03. The lowest BCUT2D eigenvalue weighted by Crippen LogP contribution is -2.56. The van der Waals surface area contributed by atoms with E-state index in [1.807, 2.05) is 30.3 Å². The first-order chi connectivity index (χ1) is 26.8. The summed E-state index contributed by atoms with van der Waals surface area (Å²) >= 11 is 0. The van der Waals surface area contributed by atoms with E-state index in [0.717, 1.165) is 37.7 Å². The second-order valence-electron chi connectivity index (χ2n) is 14.9. The third kappa shape index (κ3) is 11.2. The molecule has 3 heterocycles. The van der Waals surface area contributed by atoms with E-state index >= 15 is 0 Å². The lowest BCUT2D eigenvalue weighted by atomic mass is 9.84. The first-order valence-corrected chi connectivity index (χ1v) is 19.0. The number of H-pyrrole nitrogens is 1. The molecule has 5 rings (SSSR count). The molecule has 1 aliphatic heterocycles. The number of Topliss-reactive ketones (excluding diaryl/α,β-unsaturated/α-hetero) is 1. The fraction of sp³-hybridized carbons (Fsp3) is 0.568. The maximum Gasteiger partial charge on any atom is 0.407 e. The van der Waals surface area contributed by atoms with Gasteiger partial charge in [-0.05, 0) is 51.0 Å². The molecule has 1 saturated carbocycles. The van der Waals surface area contributed by atoms with Crippen LogP contribution in [0.1, 0.15) is 106 Å². The number of aromatic nitrogens is 6. The number of rotatable bonds is 18. The number of carbonyl (C=O) groups excluding carboxylic acids is 6. The Kier molecular flexibility index (Phi) is 14.2. The number of likely N-dealkylation sites (tertiary alicyclic amines) is 1. The van der Waals surface area contributed by atoms with Gasteiger partial charge in [0.05, 0.1) is 30.2 Å². The zero-order chi connectivity index (χ0) is 40.2. The molecule has 4 atom stereocenters. The van der Waals surface area contributed by atoms with Gasteiger partial charge in [0.15, 0.2) is 5.69 Å². The fourth-order valence-electron chi connectivity index (χ4n) is 7.30. The normalized spacial score (nSPS) is 18.4. The molecule has 3 aromatic rings. The van der Waals surface area contributed by atoms with Gasteiger partial charge in [-0.2, -0.15) is 15.4 Å². The monoisotopic (exact) mass is 777 g/mol. The summed E-state index contributed by atoms with van der Waals surface area (Å²) in [6.07, 6.45) is 7.92. The highest BCUT2D eigenvalue weighted by molar-refractivity contribution is 6.37. The van der Waals surface area contributed by atoms with Crippen LogP contribution in [0.15, 0.2) is 42.7 Å². The second-order valence-corrected chi connectivity index (χ2v) is 14.9. The van der Waals surface area contributed by atoms with E-state index in [9.17, 15) is 33.9 Å². The molecule has 2 aromatic heterocycles. The number of aromatic amines is 1. The van der Waals surface area contributed by atoms with Crippen LogP contribution in [0.2, 0.25) is 0 Å². The summed E-state index contributed by atoms with van der Waals surface area (Å²) in [6.45, 7) is 3.39. The lowest BCUT2D eigenvalue weighted by molar-refractivity contribution is -0.142. The van der Waals surface area contributed by atoms with Crippen molar-refractivity contribution in [1.29, 1.82) is 0 Å². The third-order valence-corrected chi connectivity index (χ3v) is 10.2. The van der Waals surface area contributed by atoms with E-state index in [0.29, 0.717) is 25.0 Å². The number of hydrogen-bond donors (Lipinski definition) is 6. The Balaban J connectivity index is 1.31. The summed E-state index contributed by atoms with van der Waals surface area (Å²) in [7, 11) is 0. The molecule has 19 heteroatoms. The zero-order valence-corrected chi connectivity index (χ0v) is 31.7. The minimum Gasteiger partial charge on any atom is -0.445 e. The maximum absolute atomic E-state index is 14.6. The molecule has 0 spiro atoms. The topological polar surface area (TPSA) is 270 Å². The molecule has 19 nitrogen and oxygen atoms in total. The zero-order valence-electron chi connectivity index (χ0n) is 31.7. The first kappa shape index (κ1) is 41.4. The highest BCUT2D eigenvalue weighted by atomic mass is 16.5. The Labute approximate surface area is 323 Å². The number of nitrogens with zero attached hydrogens (tertiary/aromatic N) is 6. The molecular weight excluding hydrogens is 726 g/mol. The van der Waals surface area contributed by atoms with Gasteiger partial charge in [0, 0.05) is 19.5 Å². The van der Waals surface area contributed by atoms with Gasteiger partial charge in [-0.15, -0.1) is 5.10 Å². The van der Waals surface area contributed by atoms with Gasteiger partial charge in [-0.1, -0.05) is 67.6 Å². The van der Waals surface area contributed by atoms with E-state index in [4.69, 9.17) is 10.5 Å². The van der Waals surface area contributed by atoms with E-state index in [2.05, 4.69) is 41.7 Å². The molecule has 2 fully saturated rings. The van der Waals surface area contributed by atoms with Crippen molar-refractivity contribution in [3.05, 3.63) is 59.7 Å². The van der Waals surface area contributed by atoms with Gasteiger partial charge in [-0.3, -0.25) is 24.0 Å². The van der Waals surface area contributed by atoms with Crippen molar-refractivity contribution >= 4 is 35.5 Å². The van der Waals surface area contributed by atoms with Gasteiger partial charge < -0.3 is 36.4 Å². The standard InChI is InChI=1S/C37H51N11O8/c1-37(2,55)30-20-41-46-48(30)25-18-29(47(21-25)35(53)27(17-23-11-5-3-6-12-23)43-33(51)28-19-40-45-44-28)34(52)42-26(31(49)32(38)50)15-9-10-16-39-36(54)56-22-24-13-7-4-8-14-24/h4,7-8,13-14,19-20,23,25-27,29,55H,3,5-6,9-12,15-18,21-22H2,1-2H3,(H2,38,50)(H,39,54)(H,42,52)(H,43,51)(H,40,44,45)/t25-,26?,27+,29-/m0/s1. The number of unbranched alkanes of at least 4 members (excludes halogenated alkanes) is 1. The number of ketones is 1. The Morgan fingerprint density at radius 3 is 2.45 bits per heavy atom. The number of alkyl carbamates (subject to hydrolysis) is 1. The number of carbonyl (C=O) groups is 6. The fourth-order valence-corrected chi connectivity index (χ4v) is 7.30. The molecule has 0 radical (unpaired) electrons. The molecule has 1 unspecified atom stereocenters. The number of ether oxygens (including phenoxy) is 1. The van der Waals surface area contributed by atoms with E-state index in [-0.39, 0.29) is 44.1 Å². The number of benzene rings is 1. The van der Waals surface area contributed by atoms with Crippen molar-refractivity contribution in [2.45, 2.75) is 114 Å². The largest absolute Gasteiger partial charge is 0.445 e. The summed E-state index contributed by atoms with van der Waals surface area (Å²) < 4.78 is 6.69. The average molecular weight is 778 g/mol. The van der Waals surface area contributed by atoms with Crippen molar-refractivity contribution < 1.29 is 38.6 Å². The van der Waals surface area contributed by atoms with Crippen LogP contribution in [0.4, 0.5) is 4.79 Å². The van der Waals surface area contributed by atoms with Crippen LogP contribution in [0.25, 0.3) is 0 Å². The van der Waals surface area contributed by atoms with E-state index in [1.165, 1.54) is 22.0 Å². The van der Waals surface area contributed by atoms with Crippen molar-refractivity contribution in [3.63, 3.8) is 0 Å². The van der Waals surface area contributed by atoms with Crippen molar-refractivity contribution in [1.82, 2.24) is 51.3 Å². The van der Waals surface area contributed by atoms with Gasteiger partial charge in [0.25, 0.3) is 11.8 Å². The molecule has 1 aliphatic carbocycles. The summed E-state index contributed by atoms with van der Waals surface area (Å²) in [5, 5.41) is 37.0. The Morgan fingerprint density at radius 1 is 1.02 bits per heavy atom. The number of nitrogens with two attached hydrogens (primary N) is 1. The maximum atomic E-state index is 14.6. The summed E-state index contributed by atoms with van der Waals surface area (Å²) in [5.41, 5.74) is 5.19. The number of nitrogens with one attached hydrogen (secondary N) is 4. The van der Waals surface area contributed by atoms with Crippen molar-refractivity contribution in [3.8, 4) is 0 Å². The molecule has 1 aromatic carbocycles. The van der Waals surface area contributed by atoms with Crippen molar-refractivity contribution in [2.24, 2.45) is 11.7 Å². The Bertz CT molecular complexity index is 1810. The molecular formula is C37H51N11O8. The van der Waals surface area contributed by atoms with Crippen molar-refractivity contribution in [2.75, 3.05) is 13.1 Å². The van der Waals surface area contributed by atoms with E-state index < -0.39 is 65.3 Å².